The van der Waals surface area contributed by atoms with Crippen molar-refractivity contribution < 1.29 is 23.9 Å². The highest BCUT2D eigenvalue weighted by Gasteiger charge is 2.26. The minimum atomic E-state index is -0.600. The summed E-state index contributed by atoms with van der Waals surface area (Å²) >= 11 is 0. The highest BCUT2D eigenvalue weighted by Crippen LogP contribution is 2.18. The number of amides is 1. The summed E-state index contributed by atoms with van der Waals surface area (Å²) in [7, 11) is 0. The number of benzene rings is 1. The first-order valence-electron chi connectivity index (χ1n) is 9.26. The maximum atomic E-state index is 12.4. The Labute approximate surface area is 161 Å². The van der Waals surface area contributed by atoms with E-state index in [0.29, 0.717) is 6.42 Å². The molecule has 0 aliphatic rings. The van der Waals surface area contributed by atoms with Gasteiger partial charge in [0, 0.05) is 5.92 Å². The first kappa shape index (κ1) is 22.7. The fourth-order valence-electron chi connectivity index (χ4n) is 2.53. The molecule has 1 aromatic rings. The van der Waals surface area contributed by atoms with Gasteiger partial charge in [0.2, 0.25) is 5.91 Å². The van der Waals surface area contributed by atoms with Crippen LogP contribution < -0.4 is 5.32 Å². The van der Waals surface area contributed by atoms with Gasteiger partial charge in [-0.1, -0.05) is 44.2 Å². The van der Waals surface area contributed by atoms with Crippen LogP contribution in [0.25, 0.3) is 0 Å². The van der Waals surface area contributed by atoms with Crippen molar-refractivity contribution in [1.82, 2.24) is 5.32 Å². The van der Waals surface area contributed by atoms with Gasteiger partial charge in [-0.3, -0.25) is 14.4 Å². The Bertz CT molecular complexity index is 619. The van der Waals surface area contributed by atoms with Gasteiger partial charge in [0.15, 0.2) is 0 Å². The van der Waals surface area contributed by atoms with Crippen LogP contribution in [0.2, 0.25) is 0 Å². The molecule has 0 saturated carbocycles. The molecule has 0 unspecified atom stereocenters. The predicted molar refractivity (Wildman–Crippen MR) is 103 cm³/mol. The van der Waals surface area contributed by atoms with Gasteiger partial charge < -0.3 is 14.8 Å². The number of esters is 2. The van der Waals surface area contributed by atoms with Crippen molar-refractivity contribution in [2.75, 3.05) is 6.54 Å². The zero-order valence-electron chi connectivity index (χ0n) is 16.9. The molecule has 0 radical (unpaired) electrons. The largest absolute Gasteiger partial charge is 0.460 e. The Hall–Kier alpha value is -2.37. The molecule has 1 rings (SSSR count). The lowest BCUT2D eigenvalue weighted by atomic mass is 9.93. The average molecular weight is 377 g/mol. The third-order valence-electron chi connectivity index (χ3n) is 3.61. The number of rotatable bonds is 9. The van der Waals surface area contributed by atoms with Gasteiger partial charge in [-0.25, -0.2) is 0 Å². The molecule has 0 bridgehead atoms. The van der Waals surface area contributed by atoms with Gasteiger partial charge in [-0.2, -0.15) is 0 Å². The topological polar surface area (TPSA) is 81.7 Å². The van der Waals surface area contributed by atoms with E-state index in [1.165, 1.54) is 0 Å². The number of hydrogen-bond donors (Lipinski definition) is 1. The molecule has 1 N–H and O–H groups in total. The van der Waals surface area contributed by atoms with Gasteiger partial charge in [0.25, 0.3) is 0 Å². The summed E-state index contributed by atoms with van der Waals surface area (Å²) in [5, 5.41) is 2.57. The molecule has 0 aliphatic heterocycles. The Kier molecular flexibility index (Phi) is 8.98. The molecule has 6 nitrogen and oxygen atoms in total. The summed E-state index contributed by atoms with van der Waals surface area (Å²) in [4.78, 5) is 36.3. The second kappa shape index (κ2) is 10.7. The number of carbonyl (C=O) groups excluding carboxylic acids is 3. The molecule has 0 aliphatic carbocycles. The smallest absolute Gasteiger partial charge is 0.325 e. The van der Waals surface area contributed by atoms with E-state index < -0.39 is 23.5 Å². The lowest BCUT2D eigenvalue weighted by Gasteiger charge is -2.22. The Morgan fingerprint density at radius 2 is 1.67 bits per heavy atom. The molecule has 0 saturated heterocycles. The van der Waals surface area contributed by atoms with Crippen molar-refractivity contribution in [2.45, 2.75) is 59.7 Å². The van der Waals surface area contributed by atoms with Crippen LogP contribution in [0, 0.1) is 11.8 Å². The van der Waals surface area contributed by atoms with Crippen molar-refractivity contribution >= 4 is 17.8 Å². The monoisotopic (exact) mass is 377 g/mol. The van der Waals surface area contributed by atoms with Crippen molar-refractivity contribution in [1.29, 1.82) is 0 Å². The Morgan fingerprint density at radius 1 is 1.04 bits per heavy atom. The molecule has 6 heteroatoms. The number of hydrogen-bond acceptors (Lipinski definition) is 5. The van der Waals surface area contributed by atoms with Gasteiger partial charge >= 0.3 is 11.9 Å². The van der Waals surface area contributed by atoms with E-state index in [9.17, 15) is 14.4 Å². The second-order valence-electron chi connectivity index (χ2n) is 7.98. The molecule has 27 heavy (non-hydrogen) atoms. The van der Waals surface area contributed by atoms with Crippen LogP contribution in [0.5, 0.6) is 0 Å². The predicted octanol–water partition coefficient (Wildman–Crippen LogP) is 3.24. The fourth-order valence-corrected chi connectivity index (χ4v) is 2.53. The number of carbonyl (C=O) groups is 3. The van der Waals surface area contributed by atoms with E-state index in [2.05, 4.69) is 5.32 Å². The van der Waals surface area contributed by atoms with E-state index in [4.69, 9.17) is 9.47 Å². The molecule has 0 fully saturated rings. The highest BCUT2D eigenvalue weighted by atomic mass is 16.6. The third-order valence-corrected chi connectivity index (χ3v) is 3.61. The van der Waals surface area contributed by atoms with Gasteiger partial charge in [-0.15, -0.1) is 0 Å². The summed E-state index contributed by atoms with van der Waals surface area (Å²) in [5.74, 6) is -1.59. The molecule has 1 aromatic carbocycles. The van der Waals surface area contributed by atoms with Crippen molar-refractivity contribution in [2.24, 2.45) is 11.8 Å². The molecule has 150 valence electrons. The quantitative estimate of drug-likeness (QED) is 0.668. The van der Waals surface area contributed by atoms with E-state index in [0.717, 1.165) is 5.56 Å². The molecule has 1 atom stereocenters. The Balaban J connectivity index is 2.50. The van der Waals surface area contributed by atoms with Crippen molar-refractivity contribution in [3.8, 4) is 0 Å². The second-order valence-corrected chi connectivity index (χ2v) is 7.98. The van der Waals surface area contributed by atoms with Crippen LogP contribution >= 0.6 is 0 Å². The van der Waals surface area contributed by atoms with E-state index in [-0.39, 0.29) is 31.4 Å². The lowest BCUT2D eigenvalue weighted by Crippen LogP contribution is -2.37. The van der Waals surface area contributed by atoms with Crippen LogP contribution in [-0.2, 0) is 30.5 Å². The molecule has 1 amide bonds. The van der Waals surface area contributed by atoms with Gasteiger partial charge in [0.1, 0.15) is 18.8 Å². The van der Waals surface area contributed by atoms with Gasteiger partial charge in [0.05, 0.1) is 6.42 Å². The maximum absolute atomic E-state index is 12.4. The molecule has 0 aromatic heterocycles. The lowest BCUT2D eigenvalue weighted by molar-refractivity contribution is -0.157. The number of ether oxygens (including phenoxy) is 2. The first-order chi connectivity index (χ1) is 12.6. The highest BCUT2D eigenvalue weighted by molar-refractivity contribution is 5.86. The molecule has 0 heterocycles. The molecule has 0 spiro atoms. The van der Waals surface area contributed by atoms with Crippen LogP contribution in [0.1, 0.15) is 53.0 Å². The summed E-state index contributed by atoms with van der Waals surface area (Å²) in [6.45, 7) is 9.23. The standard InChI is InChI=1S/C21H31NO5/c1-15(2)11-17(12-18(23)27-21(3,4)5)20(25)22-13-19(24)26-14-16-9-7-6-8-10-16/h6-10,15,17H,11-14H2,1-5H3,(H,22,25)/t17-/m1/s1. The van der Waals surface area contributed by atoms with Crippen LogP contribution in [0.3, 0.4) is 0 Å². The van der Waals surface area contributed by atoms with Crippen LogP contribution in [-0.4, -0.2) is 30.0 Å². The van der Waals surface area contributed by atoms with E-state index in [1.54, 1.807) is 20.8 Å². The number of nitrogens with one attached hydrogen (secondary N) is 1. The van der Waals surface area contributed by atoms with E-state index in [1.807, 2.05) is 44.2 Å². The normalized spacial score (nSPS) is 12.4. The van der Waals surface area contributed by atoms with Crippen LogP contribution in [0.15, 0.2) is 30.3 Å². The van der Waals surface area contributed by atoms with Crippen LogP contribution in [0.4, 0.5) is 0 Å². The zero-order valence-corrected chi connectivity index (χ0v) is 16.9. The van der Waals surface area contributed by atoms with Crippen molar-refractivity contribution in [3.63, 3.8) is 0 Å². The third kappa shape index (κ3) is 10.4. The minimum absolute atomic E-state index is 0.0135. The maximum Gasteiger partial charge on any atom is 0.325 e. The summed E-state index contributed by atoms with van der Waals surface area (Å²) < 4.78 is 10.4. The van der Waals surface area contributed by atoms with E-state index >= 15 is 0 Å². The SMILES string of the molecule is CC(C)C[C@H](CC(=O)OC(C)(C)C)C(=O)NCC(=O)OCc1ccccc1. The summed E-state index contributed by atoms with van der Waals surface area (Å²) in [5.41, 5.74) is 0.275. The summed E-state index contributed by atoms with van der Waals surface area (Å²) in [6, 6.07) is 9.30. The minimum Gasteiger partial charge on any atom is -0.460 e. The Morgan fingerprint density at radius 3 is 2.22 bits per heavy atom. The molecular formula is C21H31NO5. The zero-order chi connectivity index (χ0) is 20.4. The fraction of sp³-hybridized carbons (Fsp3) is 0.571. The average Bonchev–Trinajstić information content (AvgIpc) is 2.56. The summed E-state index contributed by atoms with van der Waals surface area (Å²) in [6.07, 6.45) is 0.518. The van der Waals surface area contributed by atoms with Crippen molar-refractivity contribution in [3.05, 3.63) is 35.9 Å². The van der Waals surface area contributed by atoms with Gasteiger partial charge in [-0.05, 0) is 38.7 Å². The molecular weight excluding hydrogens is 346 g/mol. The first-order valence-corrected chi connectivity index (χ1v) is 9.26.